The fraction of sp³-hybridized carbons (Fsp3) is 0.500. The number of methoxy groups -OCH3 is 1. The Balaban J connectivity index is 3.22. The average Bonchev–Trinajstić information content (AvgIpc) is 2.28. The molecule has 4 heteroatoms. The Morgan fingerprint density at radius 1 is 1.44 bits per heavy atom. The van der Waals surface area contributed by atoms with Crippen LogP contribution < -0.4 is 10.5 Å². The largest absolute Gasteiger partial charge is 0.496 e. The Morgan fingerprint density at radius 2 is 2.06 bits per heavy atom. The lowest BCUT2D eigenvalue weighted by Crippen LogP contribution is -2.32. The Morgan fingerprint density at radius 3 is 2.50 bits per heavy atom. The molecule has 2 N–H and O–H groups in total. The van der Waals surface area contributed by atoms with Crippen LogP contribution in [0.5, 0.6) is 5.75 Å². The van der Waals surface area contributed by atoms with Gasteiger partial charge in [-0.1, -0.05) is 13.0 Å². The summed E-state index contributed by atoms with van der Waals surface area (Å²) in [7, 11) is 1.38. The summed E-state index contributed by atoms with van der Waals surface area (Å²) < 4.78 is 30.4. The van der Waals surface area contributed by atoms with Crippen LogP contribution >= 0.6 is 0 Å². The Hall–Kier alpha value is -1.16. The molecule has 90 valence electrons. The smallest absolute Gasteiger partial charge is 0.267 e. The molecule has 0 aliphatic carbocycles. The van der Waals surface area contributed by atoms with Gasteiger partial charge in [-0.05, 0) is 31.0 Å². The first-order valence-corrected chi connectivity index (χ1v) is 5.17. The lowest BCUT2D eigenvalue weighted by molar-refractivity contribution is 0.147. The van der Waals surface area contributed by atoms with E-state index < -0.39 is 12.0 Å². The Labute approximate surface area is 94.4 Å². The lowest BCUT2D eigenvalue weighted by atomic mass is 9.89. The number of nitrogens with two attached hydrogens (primary N) is 1. The summed E-state index contributed by atoms with van der Waals surface area (Å²) in [4.78, 5) is 0. The molecule has 1 aromatic rings. The van der Waals surface area contributed by atoms with Crippen molar-refractivity contribution in [1.82, 2.24) is 0 Å². The second kappa shape index (κ2) is 4.78. The number of halogens is 2. The zero-order valence-corrected chi connectivity index (χ0v) is 9.76. The van der Waals surface area contributed by atoms with E-state index in [2.05, 4.69) is 0 Å². The third-order valence-electron chi connectivity index (χ3n) is 2.86. The van der Waals surface area contributed by atoms with E-state index in [4.69, 9.17) is 10.5 Å². The van der Waals surface area contributed by atoms with Crippen LogP contribution in [0.25, 0.3) is 0 Å². The number of hydrogen-bond acceptors (Lipinski definition) is 2. The molecule has 1 rings (SSSR count). The molecule has 1 atom stereocenters. The molecule has 0 bridgehead atoms. The zero-order valence-electron chi connectivity index (χ0n) is 9.76. The summed E-state index contributed by atoms with van der Waals surface area (Å²) >= 11 is 0. The standard InChI is InChI=1S/C12H17F2NO/c1-4-12(2,15)8-5-6-10(16-3)9(7-8)11(13)14/h5-7,11H,4,15H2,1-3H3. The summed E-state index contributed by atoms with van der Waals surface area (Å²) in [5, 5.41) is 0. The maximum Gasteiger partial charge on any atom is 0.267 e. The van der Waals surface area contributed by atoms with Crippen molar-refractivity contribution in [3.63, 3.8) is 0 Å². The van der Waals surface area contributed by atoms with Gasteiger partial charge in [-0.15, -0.1) is 0 Å². The van der Waals surface area contributed by atoms with Crippen molar-refractivity contribution in [3.05, 3.63) is 29.3 Å². The number of alkyl halides is 2. The number of ether oxygens (including phenoxy) is 1. The maximum absolute atomic E-state index is 12.8. The molecular formula is C12H17F2NO. The van der Waals surface area contributed by atoms with Crippen molar-refractivity contribution in [3.8, 4) is 5.75 Å². The van der Waals surface area contributed by atoms with E-state index in [0.717, 1.165) is 0 Å². The highest BCUT2D eigenvalue weighted by Crippen LogP contribution is 2.33. The van der Waals surface area contributed by atoms with Gasteiger partial charge in [0, 0.05) is 5.54 Å². The highest BCUT2D eigenvalue weighted by atomic mass is 19.3. The van der Waals surface area contributed by atoms with E-state index in [1.807, 2.05) is 13.8 Å². The number of benzene rings is 1. The minimum absolute atomic E-state index is 0.106. The van der Waals surface area contributed by atoms with Crippen molar-refractivity contribution >= 4 is 0 Å². The summed E-state index contributed by atoms with van der Waals surface area (Å²) in [6, 6.07) is 4.69. The van der Waals surface area contributed by atoms with Crippen LogP contribution in [0.1, 0.15) is 37.8 Å². The van der Waals surface area contributed by atoms with Gasteiger partial charge in [-0.25, -0.2) is 8.78 Å². The summed E-state index contributed by atoms with van der Waals surface area (Å²) in [5.74, 6) is 0.200. The average molecular weight is 229 g/mol. The van der Waals surface area contributed by atoms with E-state index in [9.17, 15) is 8.78 Å². The van der Waals surface area contributed by atoms with Crippen molar-refractivity contribution in [2.45, 2.75) is 32.2 Å². The molecule has 16 heavy (non-hydrogen) atoms. The third-order valence-corrected chi connectivity index (χ3v) is 2.86. The van der Waals surface area contributed by atoms with E-state index in [1.54, 1.807) is 6.07 Å². The Kier molecular flexibility index (Phi) is 3.86. The minimum Gasteiger partial charge on any atom is -0.496 e. The first kappa shape index (κ1) is 12.9. The molecule has 1 unspecified atom stereocenters. The second-order valence-electron chi connectivity index (χ2n) is 4.03. The molecule has 0 aliphatic rings. The van der Waals surface area contributed by atoms with Gasteiger partial charge in [0.25, 0.3) is 6.43 Å². The SMILES string of the molecule is CCC(C)(N)c1ccc(OC)c(C(F)F)c1. The van der Waals surface area contributed by atoms with Crippen LogP contribution in [0, 0.1) is 0 Å². The fourth-order valence-electron chi connectivity index (χ4n) is 1.46. The van der Waals surface area contributed by atoms with E-state index >= 15 is 0 Å². The first-order valence-electron chi connectivity index (χ1n) is 5.17. The maximum atomic E-state index is 12.8. The van der Waals surface area contributed by atoms with Crippen molar-refractivity contribution in [1.29, 1.82) is 0 Å². The van der Waals surface area contributed by atoms with Gasteiger partial charge >= 0.3 is 0 Å². The molecule has 0 fully saturated rings. The topological polar surface area (TPSA) is 35.2 Å². The molecule has 0 spiro atoms. The Bertz CT molecular complexity index is 364. The molecule has 0 saturated carbocycles. The van der Waals surface area contributed by atoms with Gasteiger partial charge in [0.05, 0.1) is 12.7 Å². The van der Waals surface area contributed by atoms with Crippen molar-refractivity contribution in [2.75, 3.05) is 7.11 Å². The van der Waals surface area contributed by atoms with Crippen molar-refractivity contribution in [2.24, 2.45) is 5.73 Å². The molecule has 1 aromatic carbocycles. The van der Waals surface area contributed by atoms with Gasteiger partial charge in [0.15, 0.2) is 0 Å². The molecule has 0 aliphatic heterocycles. The van der Waals surface area contributed by atoms with Crippen LogP contribution in [0.4, 0.5) is 8.78 Å². The predicted octanol–water partition coefficient (Wildman–Crippen LogP) is 3.22. The molecule has 0 amide bonds. The van der Waals surface area contributed by atoms with E-state index in [0.29, 0.717) is 12.0 Å². The second-order valence-corrected chi connectivity index (χ2v) is 4.03. The highest BCUT2D eigenvalue weighted by molar-refractivity contribution is 5.40. The van der Waals surface area contributed by atoms with Crippen LogP contribution in [-0.2, 0) is 5.54 Å². The quantitative estimate of drug-likeness (QED) is 0.860. The summed E-state index contributed by atoms with van der Waals surface area (Å²) in [6.45, 7) is 3.75. The predicted molar refractivity (Wildman–Crippen MR) is 59.8 cm³/mol. The van der Waals surface area contributed by atoms with Crippen molar-refractivity contribution < 1.29 is 13.5 Å². The van der Waals surface area contributed by atoms with Crippen LogP contribution in [0.15, 0.2) is 18.2 Å². The fourth-order valence-corrected chi connectivity index (χ4v) is 1.46. The van der Waals surface area contributed by atoms with Crippen LogP contribution in [0.3, 0.4) is 0 Å². The van der Waals surface area contributed by atoms with E-state index in [1.165, 1.54) is 19.2 Å². The summed E-state index contributed by atoms with van der Waals surface area (Å²) in [5.41, 5.74) is 6.02. The molecule has 0 saturated heterocycles. The van der Waals surface area contributed by atoms with Crippen LogP contribution in [0.2, 0.25) is 0 Å². The zero-order chi connectivity index (χ0) is 12.3. The van der Waals surface area contributed by atoms with Gasteiger partial charge in [-0.2, -0.15) is 0 Å². The van der Waals surface area contributed by atoms with Gasteiger partial charge in [0.2, 0.25) is 0 Å². The van der Waals surface area contributed by atoms with E-state index in [-0.39, 0.29) is 11.3 Å². The van der Waals surface area contributed by atoms with Gasteiger partial charge in [0.1, 0.15) is 5.75 Å². The number of rotatable bonds is 4. The first-order chi connectivity index (χ1) is 7.42. The van der Waals surface area contributed by atoms with Gasteiger partial charge in [-0.3, -0.25) is 0 Å². The molecule has 0 aromatic heterocycles. The molecule has 0 radical (unpaired) electrons. The number of hydrogen-bond donors (Lipinski definition) is 1. The minimum atomic E-state index is -2.55. The van der Waals surface area contributed by atoms with Gasteiger partial charge < -0.3 is 10.5 Å². The summed E-state index contributed by atoms with van der Waals surface area (Å²) in [6.07, 6.45) is -1.87. The lowest BCUT2D eigenvalue weighted by Gasteiger charge is -2.24. The highest BCUT2D eigenvalue weighted by Gasteiger charge is 2.22. The normalized spacial score (nSPS) is 14.9. The monoisotopic (exact) mass is 229 g/mol. The molecule has 0 heterocycles. The third kappa shape index (κ3) is 2.50. The van der Waals surface area contributed by atoms with Crippen LogP contribution in [-0.4, -0.2) is 7.11 Å². The molecule has 2 nitrogen and oxygen atoms in total. The molecular weight excluding hydrogens is 212 g/mol.